The van der Waals surface area contributed by atoms with E-state index in [-0.39, 0.29) is 31.7 Å². The Labute approximate surface area is 245 Å². The second-order valence-electron chi connectivity index (χ2n) is 10.1. The number of benzene rings is 2. The molecule has 11 nitrogen and oxygen atoms in total. The molecule has 0 unspecified atom stereocenters. The second kappa shape index (κ2) is 14.1. The van der Waals surface area contributed by atoms with Gasteiger partial charge in [-0.15, -0.1) is 0 Å². The quantitative estimate of drug-likeness (QED) is 0.301. The van der Waals surface area contributed by atoms with Gasteiger partial charge in [-0.25, -0.2) is 0 Å². The van der Waals surface area contributed by atoms with Crippen LogP contribution in [0.15, 0.2) is 59.2 Å². The van der Waals surface area contributed by atoms with Crippen LogP contribution in [0.5, 0.6) is 23.0 Å². The number of amides is 2. The smallest absolute Gasteiger partial charge is 0.258 e. The summed E-state index contributed by atoms with van der Waals surface area (Å²) in [7, 11) is 3.07. The number of carbonyl (C=O) groups excluding carboxylic acids is 2. The summed E-state index contributed by atoms with van der Waals surface area (Å²) in [5.74, 6) is 2.43. The lowest BCUT2D eigenvalue weighted by molar-refractivity contribution is -0.133. The predicted octanol–water partition coefficient (Wildman–Crippen LogP) is 3.42. The van der Waals surface area contributed by atoms with Crippen LogP contribution in [-0.2, 0) is 22.6 Å². The van der Waals surface area contributed by atoms with Gasteiger partial charge in [0.05, 0.1) is 45.8 Å². The van der Waals surface area contributed by atoms with Crippen LogP contribution in [0.1, 0.15) is 28.1 Å². The maximum Gasteiger partial charge on any atom is 0.258 e. The summed E-state index contributed by atoms with van der Waals surface area (Å²) in [5, 5.41) is 0. The van der Waals surface area contributed by atoms with Crippen LogP contribution in [0.25, 0.3) is 0 Å². The zero-order valence-electron chi connectivity index (χ0n) is 24.1. The first kappa shape index (κ1) is 29.3. The van der Waals surface area contributed by atoms with E-state index in [0.29, 0.717) is 67.0 Å². The summed E-state index contributed by atoms with van der Waals surface area (Å²) >= 11 is 0. The third-order valence-corrected chi connectivity index (χ3v) is 7.35. The van der Waals surface area contributed by atoms with Gasteiger partial charge in [-0.1, -0.05) is 6.07 Å². The summed E-state index contributed by atoms with van der Waals surface area (Å²) in [6.45, 7) is 4.92. The highest BCUT2D eigenvalue weighted by Gasteiger charge is 2.26. The fourth-order valence-electron chi connectivity index (χ4n) is 5.05. The molecular weight excluding hydrogens is 542 g/mol. The fraction of sp³-hybridized carbons (Fsp3) is 0.419. The summed E-state index contributed by atoms with van der Waals surface area (Å²) in [6.07, 6.45) is 2.29. The Morgan fingerprint density at radius 2 is 1.76 bits per heavy atom. The van der Waals surface area contributed by atoms with Gasteiger partial charge in [0.25, 0.3) is 5.91 Å². The third-order valence-electron chi connectivity index (χ3n) is 7.35. The van der Waals surface area contributed by atoms with E-state index in [0.717, 1.165) is 25.2 Å². The van der Waals surface area contributed by atoms with Crippen molar-refractivity contribution >= 4 is 11.8 Å². The van der Waals surface area contributed by atoms with Crippen molar-refractivity contribution in [3.8, 4) is 23.0 Å². The van der Waals surface area contributed by atoms with Crippen LogP contribution in [0.4, 0.5) is 0 Å². The molecule has 5 rings (SSSR count). The first-order chi connectivity index (χ1) is 20.5. The number of methoxy groups -OCH3 is 2. The summed E-state index contributed by atoms with van der Waals surface area (Å²) in [6, 6.07) is 14.3. The van der Waals surface area contributed by atoms with Crippen LogP contribution < -0.4 is 18.9 Å². The van der Waals surface area contributed by atoms with Crippen molar-refractivity contribution in [2.24, 2.45) is 0 Å². The molecule has 1 aromatic heterocycles. The van der Waals surface area contributed by atoms with Crippen LogP contribution in [0, 0.1) is 0 Å². The minimum absolute atomic E-state index is 0.109. The van der Waals surface area contributed by atoms with Gasteiger partial charge in [0, 0.05) is 38.8 Å². The van der Waals surface area contributed by atoms with Crippen LogP contribution in [0.3, 0.4) is 0 Å². The van der Waals surface area contributed by atoms with Crippen LogP contribution in [-0.4, -0.2) is 93.5 Å². The van der Waals surface area contributed by atoms with Gasteiger partial charge in [0.15, 0.2) is 11.5 Å². The van der Waals surface area contributed by atoms with Crippen molar-refractivity contribution in [3.05, 3.63) is 71.7 Å². The summed E-state index contributed by atoms with van der Waals surface area (Å²) in [4.78, 5) is 33.4. The van der Waals surface area contributed by atoms with E-state index in [2.05, 4.69) is 4.90 Å². The van der Waals surface area contributed by atoms with Crippen molar-refractivity contribution in [1.82, 2.24) is 14.7 Å². The number of hydrogen-bond donors (Lipinski definition) is 0. The van der Waals surface area contributed by atoms with Crippen molar-refractivity contribution in [3.63, 3.8) is 0 Å². The molecular formula is C31H37N3O8. The summed E-state index contributed by atoms with van der Waals surface area (Å²) < 4.78 is 32.8. The molecule has 0 radical (unpaired) electrons. The predicted molar refractivity (Wildman–Crippen MR) is 153 cm³/mol. The second-order valence-corrected chi connectivity index (χ2v) is 10.1. The molecule has 2 aliphatic heterocycles. The van der Waals surface area contributed by atoms with Crippen LogP contribution >= 0.6 is 0 Å². The molecule has 42 heavy (non-hydrogen) atoms. The van der Waals surface area contributed by atoms with E-state index in [9.17, 15) is 9.59 Å². The number of furan rings is 1. The van der Waals surface area contributed by atoms with E-state index >= 15 is 0 Å². The SMILES string of the molecule is COc1ccc(C(=O)N(CCCN2CCOCC2)CC(=O)N(Cc2ccc3c(c2)OCO3)Cc2ccco2)c(OC)c1. The Hall–Kier alpha value is -4.22. The molecule has 0 atom stereocenters. The molecule has 0 saturated carbocycles. The van der Waals surface area contributed by atoms with E-state index in [1.807, 2.05) is 24.3 Å². The number of morpholine rings is 1. The monoisotopic (exact) mass is 579 g/mol. The number of rotatable bonds is 13. The number of ether oxygens (including phenoxy) is 5. The molecule has 3 aromatic rings. The highest BCUT2D eigenvalue weighted by molar-refractivity contribution is 5.99. The molecule has 0 N–H and O–H groups in total. The van der Waals surface area contributed by atoms with E-state index in [4.69, 9.17) is 28.1 Å². The van der Waals surface area contributed by atoms with Gasteiger partial charge in [-0.2, -0.15) is 0 Å². The molecule has 1 saturated heterocycles. The highest BCUT2D eigenvalue weighted by Crippen LogP contribution is 2.33. The average molecular weight is 580 g/mol. The standard InChI is InChI=1S/C31H37N3O8/c1-37-24-7-8-26(28(18-24)38-2)31(36)33(11-4-10-32-12-15-39-16-13-32)21-30(35)34(20-25-5-3-14-40-25)19-23-6-9-27-29(17-23)42-22-41-27/h3,5-9,14,17-18H,4,10-13,15-16,19-22H2,1-2H3. The van der Waals surface area contributed by atoms with Gasteiger partial charge in [-0.05, 0) is 48.4 Å². The number of hydrogen-bond acceptors (Lipinski definition) is 9. The minimum Gasteiger partial charge on any atom is -0.497 e. The molecule has 224 valence electrons. The number of fused-ring (bicyclic) bond motifs is 1. The van der Waals surface area contributed by atoms with Gasteiger partial charge < -0.3 is 37.9 Å². The van der Waals surface area contributed by atoms with Gasteiger partial charge >= 0.3 is 0 Å². The number of nitrogens with zero attached hydrogens (tertiary/aromatic N) is 3. The fourth-order valence-corrected chi connectivity index (χ4v) is 5.05. The lowest BCUT2D eigenvalue weighted by Crippen LogP contribution is -2.44. The van der Waals surface area contributed by atoms with Crippen molar-refractivity contribution in [2.75, 3.05) is 67.0 Å². The third kappa shape index (κ3) is 7.34. The minimum atomic E-state index is -0.286. The van der Waals surface area contributed by atoms with Crippen molar-refractivity contribution in [1.29, 1.82) is 0 Å². The van der Waals surface area contributed by atoms with Crippen LogP contribution in [0.2, 0.25) is 0 Å². The Morgan fingerprint density at radius 1 is 0.929 bits per heavy atom. The molecule has 3 heterocycles. The molecule has 0 aliphatic carbocycles. The lowest BCUT2D eigenvalue weighted by atomic mass is 10.1. The largest absolute Gasteiger partial charge is 0.497 e. The van der Waals surface area contributed by atoms with Gasteiger partial charge in [-0.3, -0.25) is 14.5 Å². The Bertz CT molecular complexity index is 1340. The van der Waals surface area contributed by atoms with Crippen molar-refractivity contribution in [2.45, 2.75) is 19.5 Å². The maximum absolute atomic E-state index is 13.9. The van der Waals surface area contributed by atoms with E-state index < -0.39 is 0 Å². The molecule has 2 aromatic carbocycles. The van der Waals surface area contributed by atoms with Crippen molar-refractivity contribution < 1.29 is 37.7 Å². The molecule has 1 fully saturated rings. The summed E-state index contributed by atoms with van der Waals surface area (Å²) in [5.41, 5.74) is 1.24. The molecule has 11 heteroatoms. The van der Waals surface area contributed by atoms with Gasteiger partial charge in [0.2, 0.25) is 12.7 Å². The van der Waals surface area contributed by atoms with E-state index in [1.165, 1.54) is 7.11 Å². The first-order valence-corrected chi connectivity index (χ1v) is 14.0. The topological polar surface area (TPSA) is 103 Å². The Morgan fingerprint density at radius 3 is 2.52 bits per heavy atom. The zero-order chi connectivity index (χ0) is 29.3. The highest BCUT2D eigenvalue weighted by atomic mass is 16.7. The zero-order valence-corrected chi connectivity index (χ0v) is 24.1. The lowest BCUT2D eigenvalue weighted by Gasteiger charge is -2.30. The van der Waals surface area contributed by atoms with Gasteiger partial charge in [0.1, 0.15) is 23.8 Å². The Balaban J connectivity index is 1.35. The Kier molecular flexibility index (Phi) is 9.83. The molecule has 0 bridgehead atoms. The first-order valence-electron chi connectivity index (χ1n) is 14.0. The maximum atomic E-state index is 13.9. The molecule has 2 amide bonds. The number of carbonyl (C=O) groups is 2. The normalized spacial score (nSPS) is 14.4. The average Bonchev–Trinajstić information content (AvgIpc) is 3.72. The van der Waals surface area contributed by atoms with E-state index in [1.54, 1.807) is 47.4 Å². The molecule has 0 spiro atoms. The molecule has 2 aliphatic rings.